The minimum absolute atomic E-state index is 0.106. The van der Waals surface area contributed by atoms with Crippen LogP contribution in [0.4, 0.5) is 26.3 Å². The molecule has 0 amide bonds. The van der Waals surface area contributed by atoms with Crippen molar-refractivity contribution in [2.75, 3.05) is 0 Å². The van der Waals surface area contributed by atoms with Gasteiger partial charge in [0.15, 0.2) is 0 Å². The molecule has 0 atom stereocenters. The molecule has 0 heterocycles. The Bertz CT molecular complexity index is 438. The van der Waals surface area contributed by atoms with E-state index < -0.39 is 28.8 Å². The van der Waals surface area contributed by atoms with Crippen molar-refractivity contribution >= 4 is 7.85 Å². The van der Waals surface area contributed by atoms with Gasteiger partial charge in [-0.3, -0.25) is 0 Å². The third-order valence-corrected chi connectivity index (χ3v) is 3.42. The van der Waals surface area contributed by atoms with Gasteiger partial charge in [0.25, 0.3) is 0 Å². The first-order valence-electron chi connectivity index (χ1n) is 6.03. The van der Waals surface area contributed by atoms with Gasteiger partial charge in [0, 0.05) is 0 Å². The van der Waals surface area contributed by atoms with Gasteiger partial charge in [-0.2, -0.15) is 26.3 Å². The molecule has 1 rings (SSSR count). The lowest BCUT2D eigenvalue weighted by molar-refractivity contribution is -0.143. The largest absolute Gasteiger partial charge is 0.416 e. The molecule has 0 aliphatic carbocycles. The summed E-state index contributed by atoms with van der Waals surface area (Å²) in [4.78, 5) is 0. The van der Waals surface area contributed by atoms with E-state index in [0.29, 0.717) is 12.1 Å². The fourth-order valence-electron chi connectivity index (χ4n) is 1.90. The summed E-state index contributed by atoms with van der Waals surface area (Å²) in [5, 5.41) is -1.21. The number of hydrogen-bond acceptors (Lipinski definition) is 0. The maximum atomic E-state index is 12.7. The van der Waals surface area contributed by atoms with E-state index >= 15 is 0 Å². The minimum Gasteiger partial charge on any atom is -0.166 e. The van der Waals surface area contributed by atoms with Crippen LogP contribution >= 0.6 is 0 Å². The first-order valence-corrected chi connectivity index (χ1v) is 6.03. The first-order chi connectivity index (χ1) is 8.94. The number of alkyl halides is 6. The van der Waals surface area contributed by atoms with E-state index in [1.54, 1.807) is 13.8 Å². The number of hydrogen-bond donors (Lipinski definition) is 0. The molecule has 0 aromatic heterocycles. The lowest BCUT2D eigenvalue weighted by atomic mass is 9.60. The van der Waals surface area contributed by atoms with Crippen molar-refractivity contribution in [3.05, 3.63) is 34.9 Å². The van der Waals surface area contributed by atoms with E-state index in [4.69, 9.17) is 7.85 Å². The van der Waals surface area contributed by atoms with Crippen LogP contribution in [0.3, 0.4) is 0 Å². The maximum absolute atomic E-state index is 12.7. The topological polar surface area (TPSA) is 0 Å². The molecule has 7 heteroatoms. The molecule has 0 spiro atoms. The van der Waals surface area contributed by atoms with Gasteiger partial charge in [-0.15, -0.1) is 0 Å². The molecule has 20 heavy (non-hydrogen) atoms. The quantitative estimate of drug-likeness (QED) is 0.549. The van der Waals surface area contributed by atoms with Crippen LogP contribution in [-0.2, 0) is 17.7 Å². The second-order valence-corrected chi connectivity index (χ2v) is 4.66. The van der Waals surface area contributed by atoms with Crippen LogP contribution in [0.25, 0.3) is 0 Å². The maximum Gasteiger partial charge on any atom is 0.416 e. The van der Waals surface area contributed by atoms with Crippen LogP contribution in [0.5, 0.6) is 0 Å². The molecule has 2 radical (unpaired) electrons. The summed E-state index contributed by atoms with van der Waals surface area (Å²) in [6.07, 6.45) is -9.22. The number of halogens is 6. The molecule has 1 aromatic rings. The van der Waals surface area contributed by atoms with Crippen LogP contribution < -0.4 is 0 Å². The number of rotatable bonds is 3. The van der Waals surface area contributed by atoms with E-state index in [0.717, 1.165) is 0 Å². The van der Waals surface area contributed by atoms with Crippen LogP contribution in [0, 0.1) is 0 Å². The van der Waals surface area contributed by atoms with Gasteiger partial charge in [-0.1, -0.05) is 26.7 Å². The van der Waals surface area contributed by atoms with Gasteiger partial charge < -0.3 is 0 Å². The summed E-state index contributed by atoms with van der Waals surface area (Å²) in [6.45, 7) is 3.24. The van der Waals surface area contributed by atoms with E-state index in [9.17, 15) is 26.3 Å². The molecule has 0 saturated carbocycles. The van der Waals surface area contributed by atoms with Crippen molar-refractivity contribution in [2.24, 2.45) is 0 Å². The Morgan fingerprint density at radius 3 is 1.30 bits per heavy atom. The highest BCUT2D eigenvalue weighted by Gasteiger charge is 2.38. The molecule has 1 aromatic carbocycles. The summed E-state index contributed by atoms with van der Waals surface area (Å²) in [6, 6.07) is 1.50. The lowest BCUT2D eigenvalue weighted by Crippen LogP contribution is -2.26. The van der Waals surface area contributed by atoms with Gasteiger partial charge in [-0.25, -0.2) is 0 Å². The van der Waals surface area contributed by atoms with E-state index in [1.807, 2.05) is 0 Å². The lowest BCUT2D eigenvalue weighted by Gasteiger charge is -2.29. The van der Waals surface area contributed by atoms with E-state index in [1.165, 1.54) is 0 Å². The molecule has 0 saturated heterocycles. The van der Waals surface area contributed by atoms with Crippen molar-refractivity contribution in [1.82, 2.24) is 0 Å². The summed E-state index contributed by atoms with van der Waals surface area (Å²) in [7, 11) is 5.91. The Labute approximate surface area is 114 Å². The van der Waals surface area contributed by atoms with Crippen molar-refractivity contribution < 1.29 is 26.3 Å². The summed E-state index contributed by atoms with van der Waals surface area (Å²) < 4.78 is 76.3. The number of benzene rings is 1. The molecule has 0 unspecified atom stereocenters. The van der Waals surface area contributed by atoms with E-state index in [-0.39, 0.29) is 24.5 Å². The first kappa shape index (κ1) is 16.9. The Morgan fingerprint density at radius 1 is 0.750 bits per heavy atom. The van der Waals surface area contributed by atoms with Crippen molar-refractivity contribution in [1.29, 1.82) is 0 Å². The molecule has 0 nitrogen and oxygen atoms in total. The zero-order chi connectivity index (χ0) is 15.8. The second-order valence-electron chi connectivity index (χ2n) is 4.66. The molecular weight excluding hydrogens is 281 g/mol. The van der Waals surface area contributed by atoms with Gasteiger partial charge in [-0.05, 0) is 29.1 Å². The monoisotopic (exact) mass is 294 g/mol. The van der Waals surface area contributed by atoms with Crippen LogP contribution in [0.1, 0.15) is 43.4 Å². The average molecular weight is 294 g/mol. The molecule has 110 valence electrons. The zero-order valence-electron chi connectivity index (χ0n) is 11.0. The highest BCUT2D eigenvalue weighted by molar-refractivity contribution is 6.15. The Morgan fingerprint density at radius 2 is 1.05 bits per heavy atom. The van der Waals surface area contributed by atoms with Gasteiger partial charge in [0.1, 0.15) is 0 Å². The minimum atomic E-state index is -4.85. The van der Waals surface area contributed by atoms with Gasteiger partial charge in [0.2, 0.25) is 0 Å². The molecule has 0 aliphatic rings. The zero-order valence-corrected chi connectivity index (χ0v) is 11.0. The van der Waals surface area contributed by atoms with Crippen molar-refractivity contribution in [2.45, 2.75) is 44.4 Å². The van der Waals surface area contributed by atoms with Gasteiger partial charge in [0.05, 0.1) is 19.0 Å². The molecule has 0 fully saturated rings. The Balaban J connectivity index is 3.54. The predicted octanol–water partition coefficient (Wildman–Crippen LogP) is 4.91. The van der Waals surface area contributed by atoms with Crippen molar-refractivity contribution in [3.63, 3.8) is 0 Å². The predicted molar refractivity (Wildman–Crippen MR) is 64.5 cm³/mol. The van der Waals surface area contributed by atoms with Crippen LogP contribution in [0.15, 0.2) is 18.2 Å². The summed E-state index contributed by atoms with van der Waals surface area (Å²) in [5.41, 5.74) is -2.82. The summed E-state index contributed by atoms with van der Waals surface area (Å²) in [5.74, 6) is 0. The Kier molecular flexibility index (Phi) is 4.51. The highest BCUT2D eigenvalue weighted by atomic mass is 19.4. The molecule has 0 aliphatic heterocycles. The fourth-order valence-corrected chi connectivity index (χ4v) is 1.90. The molecule has 0 N–H and O–H groups in total. The summed E-state index contributed by atoms with van der Waals surface area (Å²) >= 11 is 0. The third-order valence-electron chi connectivity index (χ3n) is 3.42. The fraction of sp³-hybridized carbons (Fsp3) is 0.538. The van der Waals surface area contributed by atoms with E-state index in [2.05, 4.69) is 0 Å². The standard InChI is InChI=1S/C13H13BF6/c1-3-11(14,4-2)8-5-9(12(15,16)17)7-10(6-8)13(18,19)20/h5-7H,3-4H2,1-2H3. The third kappa shape index (κ3) is 3.49. The van der Waals surface area contributed by atoms with Crippen molar-refractivity contribution in [3.8, 4) is 0 Å². The molecular formula is C13H13BF6. The normalized spacial score (nSPS) is 13.6. The SMILES string of the molecule is [B]C(CC)(CC)c1cc(C(F)(F)F)cc(C(F)(F)F)c1. The average Bonchev–Trinajstić information content (AvgIpc) is 2.35. The Hall–Kier alpha value is -1.14. The highest BCUT2D eigenvalue weighted by Crippen LogP contribution is 2.39. The molecule has 0 bridgehead atoms. The smallest absolute Gasteiger partial charge is 0.166 e. The van der Waals surface area contributed by atoms with Gasteiger partial charge >= 0.3 is 12.4 Å². The van der Waals surface area contributed by atoms with Crippen LogP contribution in [0.2, 0.25) is 0 Å². The second kappa shape index (κ2) is 5.33. The van der Waals surface area contributed by atoms with Crippen LogP contribution in [-0.4, -0.2) is 7.85 Å².